The minimum absolute atomic E-state index is 0.181. The Morgan fingerprint density at radius 1 is 1.75 bits per heavy atom. The lowest BCUT2D eigenvalue weighted by Gasteiger charge is -2.37. The molecule has 1 fully saturated rings. The first-order valence-corrected chi connectivity index (χ1v) is 6.00. The molecule has 0 radical (unpaired) electrons. The van der Waals surface area contributed by atoms with Gasteiger partial charge >= 0.3 is 6.03 Å². The zero-order valence-corrected chi connectivity index (χ0v) is 10.6. The lowest BCUT2D eigenvalue weighted by atomic mass is 10.2. The first kappa shape index (κ1) is 14.5. The fourth-order valence-corrected chi connectivity index (χ4v) is 2.12. The van der Waals surface area contributed by atoms with Gasteiger partial charge in [-0.1, -0.05) is 0 Å². The predicted octanol–water partition coefficient (Wildman–Crippen LogP) is -2.91. The van der Waals surface area contributed by atoms with Gasteiger partial charge in [0.1, 0.15) is 12.3 Å². The summed E-state index contributed by atoms with van der Waals surface area (Å²) in [6.45, 7) is -0.330. The predicted molar refractivity (Wildman–Crippen MR) is 67.8 cm³/mol. The lowest BCUT2D eigenvalue weighted by Crippen LogP contribution is -2.70. The number of nitrogens with two attached hydrogens (primary N) is 2. The molecule has 0 aromatic carbocycles. The summed E-state index contributed by atoms with van der Waals surface area (Å²) in [5.74, 6) is -1.84. The molecule has 0 aromatic heterocycles. The van der Waals surface area contributed by atoms with Crippen molar-refractivity contribution in [2.75, 3.05) is 6.61 Å². The van der Waals surface area contributed by atoms with Crippen LogP contribution in [0.5, 0.6) is 0 Å². The highest BCUT2D eigenvalue weighted by molar-refractivity contribution is 5.81. The maximum Gasteiger partial charge on any atom is 0.326 e. The molecule has 1 unspecified atom stereocenters. The highest BCUT2D eigenvalue weighted by Crippen LogP contribution is 2.25. The molecule has 112 valence electrons. The average molecular weight is 286 g/mol. The van der Waals surface area contributed by atoms with E-state index in [1.165, 1.54) is 17.2 Å². The van der Waals surface area contributed by atoms with Crippen molar-refractivity contribution in [2.45, 2.75) is 30.6 Å². The molecule has 2 aliphatic heterocycles. The lowest BCUT2D eigenvalue weighted by molar-refractivity contribution is -0.0549. The molecule has 2 rings (SSSR count). The molecule has 20 heavy (non-hydrogen) atoms. The van der Waals surface area contributed by atoms with Crippen molar-refractivity contribution < 1.29 is 19.7 Å². The topological polar surface area (TPSA) is 170 Å². The molecule has 4 atom stereocenters. The number of nitrogens with one attached hydrogen (secondary N) is 3. The van der Waals surface area contributed by atoms with Crippen LogP contribution in [0.3, 0.4) is 0 Å². The first-order chi connectivity index (χ1) is 9.34. The van der Waals surface area contributed by atoms with Gasteiger partial charge in [0.2, 0.25) is 0 Å². The van der Waals surface area contributed by atoms with E-state index in [4.69, 9.17) is 26.7 Å². The van der Waals surface area contributed by atoms with Gasteiger partial charge in [-0.15, -0.1) is 0 Å². The Balaban J connectivity index is 2.07. The minimum atomic E-state index is -1.45. The van der Waals surface area contributed by atoms with Gasteiger partial charge in [0.15, 0.2) is 11.7 Å². The number of aliphatic hydroxyl groups is 2. The number of nitrogens with zero attached hydrogens (tertiary/aromatic N) is 1. The van der Waals surface area contributed by atoms with E-state index in [0.29, 0.717) is 0 Å². The van der Waals surface area contributed by atoms with E-state index in [0.717, 1.165) is 0 Å². The van der Waals surface area contributed by atoms with E-state index < -0.39 is 36.2 Å². The number of carbonyl (C=O) groups excluding carboxylic acids is 1. The van der Waals surface area contributed by atoms with Crippen molar-refractivity contribution >= 4 is 12.0 Å². The number of hydrogen-bond acceptors (Lipinski definition) is 6. The van der Waals surface area contributed by atoms with Crippen molar-refractivity contribution in [3.63, 3.8) is 0 Å². The largest absolute Gasteiger partial charge is 0.394 e. The Bertz CT molecular complexity index is 443. The van der Waals surface area contributed by atoms with E-state index >= 15 is 0 Å². The highest BCUT2D eigenvalue weighted by Gasteiger charge is 2.41. The second-order valence-corrected chi connectivity index (χ2v) is 4.68. The zero-order chi connectivity index (χ0) is 14.9. The molecule has 0 saturated carbocycles. The van der Waals surface area contributed by atoms with Gasteiger partial charge in [0.05, 0.1) is 12.7 Å². The number of urea groups is 1. The summed E-state index contributed by atoms with van der Waals surface area (Å²) in [6.07, 6.45) is 0.706. The van der Waals surface area contributed by atoms with Crippen LogP contribution in [0, 0.1) is 5.41 Å². The number of carbonyl (C=O) groups is 1. The van der Waals surface area contributed by atoms with Gasteiger partial charge in [0.25, 0.3) is 0 Å². The number of guanidine groups is 1. The average Bonchev–Trinajstić information content (AvgIpc) is 2.68. The Morgan fingerprint density at radius 3 is 2.95 bits per heavy atom. The van der Waals surface area contributed by atoms with Gasteiger partial charge < -0.3 is 26.0 Å². The SMILES string of the molecule is N=C(N)NC1(N)C=CN([C@H]2C[C@H](O)[C@@H](CO)O2)C(=O)N1. The van der Waals surface area contributed by atoms with Crippen LogP contribution in [-0.4, -0.2) is 57.9 Å². The molecule has 2 heterocycles. The molecule has 0 aliphatic carbocycles. The summed E-state index contributed by atoms with van der Waals surface area (Å²) >= 11 is 0. The third-order valence-corrected chi connectivity index (χ3v) is 3.08. The number of amides is 2. The normalized spacial score (nSPS) is 36.9. The van der Waals surface area contributed by atoms with Gasteiger partial charge in [-0.2, -0.15) is 0 Å². The van der Waals surface area contributed by atoms with Crippen LogP contribution in [0.2, 0.25) is 0 Å². The summed E-state index contributed by atoms with van der Waals surface area (Å²) in [4.78, 5) is 13.2. The molecule has 0 aromatic rings. The van der Waals surface area contributed by atoms with Crippen LogP contribution in [0.25, 0.3) is 0 Å². The molecular weight excluding hydrogens is 268 g/mol. The molecule has 9 N–H and O–H groups in total. The van der Waals surface area contributed by atoms with E-state index in [2.05, 4.69) is 10.6 Å². The maximum absolute atomic E-state index is 12.0. The summed E-state index contributed by atoms with van der Waals surface area (Å²) in [5.41, 5.74) is 11.0. The van der Waals surface area contributed by atoms with Crippen molar-refractivity contribution in [3.05, 3.63) is 12.3 Å². The van der Waals surface area contributed by atoms with E-state index in [1.54, 1.807) is 0 Å². The van der Waals surface area contributed by atoms with Crippen LogP contribution in [0.1, 0.15) is 6.42 Å². The molecule has 2 aliphatic rings. The van der Waals surface area contributed by atoms with Gasteiger partial charge in [-0.3, -0.25) is 21.4 Å². The molecular formula is C10H18N6O4. The molecule has 2 amide bonds. The van der Waals surface area contributed by atoms with Crippen LogP contribution in [0.15, 0.2) is 12.3 Å². The number of hydrogen-bond donors (Lipinski definition) is 7. The summed E-state index contributed by atoms with van der Waals surface area (Å²) in [6, 6.07) is -0.570. The minimum Gasteiger partial charge on any atom is -0.394 e. The second kappa shape index (κ2) is 5.25. The molecule has 1 saturated heterocycles. The monoisotopic (exact) mass is 286 g/mol. The zero-order valence-electron chi connectivity index (χ0n) is 10.6. The Morgan fingerprint density at radius 2 is 2.45 bits per heavy atom. The number of ether oxygens (including phenoxy) is 1. The Hall–Kier alpha value is -1.88. The van der Waals surface area contributed by atoms with E-state index in [9.17, 15) is 9.90 Å². The third kappa shape index (κ3) is 2.82. The Kier molecular flexibility index (Phi) is 3.81. The number of rotatable bonds is 3. The first-order valence-electron chi connectivity index (χ1n) is 6.00. The standard InChI is InChI=1S/C10H18N6O4/c11-8(12)14-10(13)1-2-16(9(19)15-10)7-3-5(18)6(4-17)20-7/h1-2,5-7,17-18H,3-4,13H2,(H,15,19)(H4,11,12,14)/t5-,6+,7+,10?/m0/s1. The van der Waals surface area contributed by atoms with Crippen LogP contribution >= 0.6 is 0 Å². The van der Waals surface area contributed by atoms with E-state index in [1.807, 2.05) is 0 Å². The fraction of sp³-hybridized carbons (Fsp3) is 0.600. The molecule has 10 nitrogen and oxygen atoms in total. The van der Waals surface area contributed by atoms with Gasteiger partial charge in [-0.25, -0.2) is 4.79 Å². The second-order valence-electron chi connectivity index (χ2n) is 4.68. The number of aliphatic hydroxyl groups excluding tert-OH is 2. The fourth-order valence-electron chi connectivity index (χ4n) is 2.12. The summed E-state index contributed by atoms with van der Waals surface area (Å²) in [7, 11) is 0. The van der Waals surface area contributed by atoms with Gasteiger partial charge in [0, 0.05) is 12.6 Å². The summed E-state index contributed by atoms with van der Waals surface area (Å²) < 4.78 is 5.37. The summed E-state index contributed by atoms with van der Waals surface area (Å²) in [5, 5.41) is 30.6. The van der Waals surface area contributed by atoms with Crippen molar-refractivity contribution in [1.82, 2.24) is 15.5 Å². The molecule has 0 bridgehead atoms. The molecule has 10 heteroatoms. The van der Waals surface area contributed by atoms with Crippen LogP contribution in [-0.2, 0) is 4.74 Å². The van der Waals surface area contributed by atoms with Crippen molar-refractivity contribution in [1.29, 1.82) is 5.41 Å². The third-order valence-electron chi connectivity index (χ3n) is 3.08. The Labute approximate surface area is 114 Å². The smallest absolute Gasteiger partial charge is 0.326 e. The maximum atomic E-state index is 12.0. The quantitative estimate of drug-likeness (QED) is 0.165. The van der Waals surface area contributed by atoms with Crippen LogP contribution in [0.4, 0.5) is 4.79 Å². The van der Waals surface area contributed by atoms with Crippen LogP contribution < -0.4 is 22.1 Å². The molecule has 0 spiro atoms. The van der Waals surface area contributed by atoms with Crippen molar-refractivity contribution in [2.24, 2.45) is 11.5 Å². The van der Waals surface area contributed by atoms with Crippen molar-refractivity contribution in [3.8, 4) is 0 Å². The van der Waals surface area contributed by atoms with Gasteiger partial charge in [-0.05, 0) is 6.08 Å². The highest BCUT2D eigenvalue weighted by atomic mass is 16.5. The van der Waals surface area contributed by atoms with E-state index in [-0.39, 0.29) is 13.0 Å².